The van der Waals surface area contributed by atoms with Gasteiger partial charge in [-0.2, -0.15) is 10.2 Å². The van der Waals surface area contributed by atoms with Gasteiger partial charge in [0.05, 0.1) is 22.1 Å². The van der Waals surface area contributed by atoms with Crippen LogP contribution in [0.5, 0.6) is 0 Å². The highest BCUT2D eigenvalue weighted by molar-refractivity contribution is 6.02. The van der Waals surface area contributed by atoms with Crippen LogP contribution < -0.4 is 22.1 Å². The van der Waals surface area contributed by atoms with Crippen molar-refractivity contribution < 1.29 is 19.2 Å². The number of primary amides is 1. The molecule has 3 atom stereocenters. The van der Waals surface area contributed by atoms with Crippen LogP contribution in [-0.4, -0.2) is 122 Å². The van der Waals surface area contributed by atoms with Crippen LogP contribution in [0.15, 0.2) is 52.7 Å². The molecule has 0 radical (unpaired) electrons. The second kappa shape index (κ2) is 19.5. The van der Waals surface area contributed by atoms with Gasteiger partial charge >= 0.3 is 0 Å². The molecule has 17 nitrogen and oxygen atoms in total. The predicted octanol–water partition coefficient (Wildman–Crippen LogP) is 3.49. The SMILES string of the molecule is CC=O.CCN1N=C(C)C2CCCCCN3N=C(C)CC3C(=O)Nc3nc4cc(C(N)=O)ccc4n3CCN(C)CCn3c(nc4ccccc43)NC(=O)C21.CN. The van der Waals surface area contributed by atoms with Crippen LogP contribution in [0.4, 0.5) is 11.9 Å². The Labute approximate surface area is 333 Å². The number of nitrogens with two attached hydrogens (primary N) is 2. The fourth-order valence-electron chi connectivity index (χ4n) is 7.72. The Morgan fingerprint density at radius 3 is 2.16 bits per heavy atom. The number of para-hydroxylation sites is 2. The number of amides is 3. The predicted molar refractivity (Wildman–Crippen MR) is 224 cm³/mol. The number of hydrogen-bond donors (Lipinski definition) is 4. The fraction of sp³-hybridized carbons (Fsp3) is 0.500. The molecule has 3 amide bonds. The number of likely N-dealkylation sites (N-methyl/N-ethyl adjacent to an activating group) is 2. The summed E-state index contributed by atoms with van der Waals surface area (Å²) >= 11 is 0. The van der Waals surface area contributed by atoms with Gasteiger partial charge in [-0.05, 0) is 85.0 Å². The number of hydrazone groups is 2. The standard InChI is InChI=1S/C37H48N12O3.C2H4O.CH5N/c1-5-48-32-26(24(3)44-48)11-7-6-10-16-49-31(21-23(2)43-49)34(51)41-37-40-28-22-25(33(38)50)14-15-30(28)47(37)20-18-45(4)17-19-46-29-13-9-8-12-27(29)39-36(46)42-35(32)52;1-2-3;1-2/h8-9,12-15,22,26,31-32H,5-7,10-11,16-21H2,1-4H3,(H2,38,50)(H,39,42,52)(H,40,41,51);2H,1H3;2H2,1H3. The highest BCUT2D eigenvalue weighted by atomic mass is 16.2. The summed E-state index contributed by atoms with van der Waals surface area (Å²) < 4.78 is 4.05. The van der Waals surface area contributed by atoms with Crippen molar-refractivity contribution in [1.82, 2.24) is 34.0 Å². The van der Waals surface area contributed by atoms with Gasteiger partial charge in [-0.1, -0.05) is 25.0 Å². The zero-order chi connectivity index (χ0) is 41.2. The van der Waals surface area contributed by atoms with Gasteiger partial charge in [-0.15, -0.1) is 0 Å². The third-order valence-corrected chi connectivity index (χ3v) is 10.5. The van der Waals surface area contributed by atoms with Crippen LogP contribution >= 0.6 is 0 Å². The molecule has 3 unspecified atom stereocenters. The molecule has 5 heterocycles. The van der Waals surface area contributed by atoms with E-state index in [-0.39, 0.29) is 17.7 Å². The number of aldehydes is 1. The van der Waals surface area contributed by atoms with E-state index in [1.807, 2.05) is 72.7 Å². The van der Waals surface area contributed by atoms with Gasteiger partial charge in [0.15, 0.2) is 0 Å². The van der Waals surface area contributed by atoms with Crippen LogP contribution in [0.2, 0.25) is 0 Å². The maximum Gasteiger partial charge on any atom is 0.251 e. The van der Waals surface area contributed by atoms with Gasteiger partial charge < -0.3 is 30.3 Å². The molecule has 6 N–H and O–H groups in total. The van der Waals surface area contributed by atoms with E-state index in [0.717, 1.165) is 59.9 Å². The van der Waals surface area contributed by atoms with Gasteiger partial charge in [0, 0.05) is 68.6 Å². The Balaban J connectivity index is 0.00000118. The fourth-order valence-corrected chi connectivity index (χ4v) is 7.72. The molecule has 17 heteroatoms. The Morgan fingerprint density at radius 1 is 0.860 bits per heavy atom. The quantitative estimate of drug-likeness (QED) is 0.217. The average Bonchev–Trinajstić information content (AvgIpc) is 3.94. The van der Waals surface area contributed by atoms with Crippen molar-refractivity contribution in [1.29, 1.82) is 0 Å². The summed E-state index contributed by atoms with van der Waals surface area (Å²) in [4.78, 5) is 60.6. The molecule has 57 heavy (non-hydrogen) atoms. The summed E-state index contributed by atoms with van der Waals surface area (Å²) in [5.74, 6) is 0.112. The molecule has 3 aliphatic rings. The van der Waals surface area contributed by atoms with E-state index in [9.17, 15) is 14.4 Å². The lowest BCUT2D eigenvalue weighted by molar-refractivity contribution is -0.122. The minimum atomic E-state index is -0.539. The molecular formula is C40H57N13O4. The minimum Gasteiger partial charge on any atom is -0.366 e. The summed E-state index contributed by atoms with van der Waals surface area (Å²) in [7, 11) is 3.54. The lowest BCUT2D eigenvalue weighted by Crippen LogP contribution is -2.44. The first-order valence-electron chi connectivity index (χ1n) is 19.7. The molecule has 7 rings (SSSR count). The number of fused-ring (bicyclic) bond motifs is 8. The summed E-state index contributed by atoms with van der Waals surface area (Å²) in [5, 5.41) is 19.6. The van der Waals surface area contributed by atoms with Crippen molar-refractivity contribution >= 4 is 69.4 Å². The van der Waals surface area contributed by atoms with Gasteiger partial charge in [0.1, 0.15) is 18.4 Å². The molecule has 0 saturated heterocycles. The highest BCUT2D eigenvalue weighted by Crippen LogP contribution is 2.30. The number of benzene rings is 2. The van der Waals surface area contributed by atoms with E-state index >= 15 is 0 Å². The van der Waals surface area contributed by atoms with Crippen molar-refractivity contribution in [2.75, 3.05) is 50.9 Å². The van der Waals surface area contributed by atoms with Gasteiger partial charge in [0.2, 0.25) is 17.8 Å². The number of carbonyl (C=O) groups excluding carboxylic acids is 4. The third kappa shape index (κ3) is 9.65. The Hall–Kier alpha value is -5.68. The zero-order valence-corrected chi connectivity index (χ0v) is 33.9. The van der Waals surface area contributed by atoms with Crippen molar-refractivity contribution in [2.45, 2.75) is 85.0 Å². The molecule has 0 saturated carbocycles. The number of carbonyl (C=O) groups is 4. The smallest absolute Gasteiger partial charge is 0.251 e. The summed E-state index contributed by atoms with van der Waals surface area (Å²) in [6, 6.07) is 12.2. The molecule has 2 aromatic carbocycles. The lowest BCUT2D eigenvalue weighted by atomic mass is 9.90. The number of nitrogens with one attached hydrogen (secondary N) is 2. The van der Waals surface area contributed by atoms with Gasteiger partial charge in [0.25, 0.3) is 11.8 Å². The third-order valence-electron chi connectivity index (χ3n) is 10.5. The van der Waals surface area contributed by atoms with Crippen molar-refractivity contribution in [2.24, 2.45) is 27.6 Å². The molecule has 306 valence electrons. The van der Waals surface area contributed by atoms with E-state index in [0.29, 0.717) is 68.7 Å². The molecule has 2 aromatic heterocycles. The van der Waals surface area contributed by atoms with Crippen molar-refractivity contribution in [3.8, 4) is 0 Å². The topological polar surface area (TPSA) is 214 Å². The molecule has 0 aliphatic carbocycles. The summed E-state index contributed by atoms with van der Waals surface area (Å²) in [6.07, 6.45) is 4.79. The Morgan fingerprint density at radius 2 is 1.49 bits per heavy atom. The largest absolute Gasteiger partial charge is 0.366 e. The Bertz CT molecular complexity index is 2120. The number of aromatic nitrogens is 4. The molecular weight excluding hydrogens is 727 g/mol. The van der Waals surface area contributed by atoms with Gasteiger partial charge in [-0.25, -0.2) is 9.97 Å². The summed E-state index contributed by atoms with van der Waals surface area (Å²) in [5.41, 5.74) is 15.4. The first-order valence-corrected chi connectivity index (χ1v) is 19.7. The van der Waals surface area contributed by atoms with Crippen LogP contribution in [0.1, 0.15) is 70.2 Å². The van der Waals surface area contributed by atoms with Gasteiger partial charge in [-0.3, -0.25) is 35.0 Å². The molecule has 0 fully saturated rings. The van der Waals surface area contributed by atoms with Crippen molar-refractivity contribution in [3.05, 3.63) is 48.0 Å². The zero-order valence-electron chi connectivity index (χ0n) is 33.9. The van der Waals surface area contributed by atoms with E-state index in [1.165, 1.54) is 14.0 Å². The Kier molecular flexibility index (Phi) is 14.5. The maximum atomic E-state index is 14.1. The molecule has 4 aromatic rings. The first-order chi connectivity index (χ1) is 27.5. The van der Waals surface area contributed by atoms with Crippen LogP contribution in [0, 0.1) is 5.92 Å². The molecule has 0 bridgehead atoms. The van der Waals surface area contributed by atoms with E-state index in [2.05, 4.69) is 25.8 Å². The summed E-state index contributed by atoms with van der Waals surface area (Å²) in [6.45, 7) is 11.1. The number of imidazole rings is 2. The maximum absolute atomic E-state index is 14.1. The molecule has 0 spiro atoms. The first kappa shape index (κ1) is 42.5. The van der Waals surface area contributed by atoms with Crippen LogP contribution in [0.25, 0.3) is 22.1 Å². The second-order valence-corrected chi connectivity index (χ2v) is 14.4. The van der Waals surface area contributed by atoms with Crippen LogP contribution in [-0.2, 0) is 27.5 Å². The average molecular weight is 784 g/mol. The highest BCUT2D eigenvalue weighted by Gasteiger charge is 2.40. The number of anilines is 2. The second-order valence-electron chi connectivity index (χ2n) is 14.4. The van der Waals surface area contributed by atoms with E-state index in [1.54, 1.807) is 12.1 Å². The minimum absolute atomic E-state index is 0.00865. The lowest BCUT2D eigenvalue weighted by Gasteiger charge is -2.27. The van der Waals surface area contributed by atoms with Crippen LogP contribution in [0.3, 0.4) is 0 Å². The number of hydrogen-bond acceptors (Lipinski definition) is 12. The monoisotopic (exact) mass is 783 g/mol. The van der Waals surface area contributed by atoms with E-state index < -0.39 is 18.0 Å². The van der Waals surface area contributed by atoms with E-state index in [4.69, 9.17) is 30.7 Å². The number of rotatable bonds is 2. The molecule has 3 aliphatic heterocycles. The number of nitrogens with zero attached hydrogens (tertiary/aromatic N) is 9. The van der Waals surface area contributed by atoms with Crippen molar-refractivity contribution in [3.63, 3.8) is 0 Å². The normalized spacial score (nSPS) is 21.1.